The van der Waals surface area contributed by atoms with Crippen LogP contribution in [0, 0.1) is 0 Å². The van der Waals surface area contributed by atoms with Crippen LogP contribution in [0.5, 0.6) is 0 Å². The number of benzene rings is 1. The standard InChI is InChI=1S/C9H12N2O4S/c1-9(13,7-5-3-2-4-6-7)11-8(12)16(10,14)15/h2-6,13H,1H3,(H,11,12)(H2,10,14,15). The molecule has 0 aliphatic rings. The molecule has 0 saturated heterocycles. The van der Waals surface area contributed by atoms with Crippen molar-refractivity contribution >= 4 is 15.3 Å². The van der Waals surface area contributed by atoms with Crippen molar-refractivity contribution in [2.75, 3.05) is 0 Å². The Morgan fingerprint density at radius 2 is 1.88 bits per heavy atom. The molecule has 0 heterocycles. The molecule has 1 rings (SSSR count). The SMILES string of the molecule is CC(O)(NC(=O)S(N)(=O)=O)c1ccccc1. The summed E-state index contributed by atoms with van der Waals surface area (Å²) >= 11 is 0. The van der Waals surface area contributed by atoms with Gasteiger partial charge < -0.3 is 10.4 Å². The van der Waals surface area contributed by atoms with Gasteiger partial charge in [-0.3, -0.25) is 4.79 Å². The molecule has 4 N–H and O–H groups in total. The molecule has 0 saturated carbocycles. The highest BCUT2D eigenvalue weighted by Gasteiger charge is 2.29. The Morgan fingerprint density at radius 3 is 2.31 bits per heavy atom. The van der Waals surface area contributed by atoms with Gasteiger partial charge in [-0.05, 0) is 6.92 Å². The number of carbonyl (C=O) groups excluding carboxylic acids is 1. The van der Waals surface area contributed by atoms with Crippen molar-refractivity contribution in [2.45, 2.75) is 12.6 Å². The molecule has 0 aromatic heterocycles. The highest BCUT2D eigenvalue weighted by Crippen LogP contribution is 2.16. The van der Waals surface area contributed by atoms with Crippen molar-refractivity contribution in [1.82, 2.24) is 5.32 Å². The molecule has 1 atom stereocenters. The molecule has 0 aliphatic carbocycles. The van der Waals surface area contributed by atoms with Gasteiger partial charge in [0.15, 0.2) is 5.72 Å². The van der Waals surface area contributed by atoms with Gasteiger partial charge in [0.2, 0.25) is 0 Å². The Morgan fingerprint density at radius 1 is 1.38 bits per heavy atom. The first-order valence-electron chi connectivity index (χ1n) is 4.36. The van der Waals surface area contributed by atoms with E-state index in [0.717, 1.165) is 0 Å². The molecule has 0 fully saturated rings. The molecule has 6 nitrogen and oxygen atoms in total. The van der Waals surface area contributed by atoms with Gasteiger partial charge in [0, 0.05) is 5.56 Å². The van der Waals surface area contributed by atoms with Crippen LogP contribution in [-0.2, 0) is 15.7 Å². The highest BCUT2D eigenvalue weighted by atomic mass is 32.2. The maximum atomic E-state index is 11.1. The number of hydrogen-bond acceptors (Lipinski definition) is 4. The van der Waals surface area contributed by atoms with Crippen LogP contribution in [0.2, 0.25) is 0 Å². The molecular formula is C9H12N2O4S. The van der Waals surface area contributed by atoms with E-state index in [0.29, 0.717) is 5.56 Å². The average molecular weight is 244 g/mol. The third kappa shape index (κ3) is 3.02. The summed E-state index contributed by atoms with van der Waals surface area (Å²) in [6.45, 7) is 1.26. The minimum absolute atomic E-state index is 0.354. The quantitative estimate of drug-likeness (QED) is 0.628. The van der Waals surface area contributed by atoms with Crippen molar-refractivity contribution < 1.29 is 18.3 Å². The molecule has 1 amide bonds. The van der Waals surface area contributed by atoms with Crippen LogP contribution in [0.15, 0.2) is 30.3 Å². The van der Waals surface area contributed by atoms with E-state index in [1.54, 1.807) is 30.3 Å². The van der Waals surface area contributed by atoms with E-state index in [-0.39, 0.29) is 0 Å². The van der Waals surface area contributed by atoms with E-state index < -0.39 is 21.0 Å². The lowest BCUT2D eigenvalue weighted by molar-refractivity contribution is 0.0353. The van der Waals surface area contributed by atoms with Crippen molar-refractivity contribution in [2.24, 2.45) is 5.14 Å². The summed E-state index contributed by atoms with van der Waals surface area (Å²) in [5.74, 6) is 0. The fourth-order valence-corrected chi connectivity index (χ4v) is 1.45. The summed E-state index contributed by atoms with van der Waals surface area (Å²) in [7, 11) is -4.35. The van der Waals surface area contributed by atoms with Crippen LogP contribution in [0.25, 0.3) is 0 Å². The first-order valence-corrected chi connectivity index (χ1v) is 5.91. The van der Waals surface area contributed by atoms with E-state index in [9.17, 15) is 18.3 Å². The van der Waals surface area contributed by atoms with Crippen LogP contribution in [0.4, 0.5) is 4.79 Å². The fourth-order valence-electron chi connectivity index (χ4n) is 1.10. The van der Waals surface area contributed by atoms with Crippen molar-refractivity contribution in [3.05, 3.63) is 35.9 Å². The lowest BCUT2D eigenvalue weighted by atomic mass is 10.1. The Hall–Kier alpha value is -1.44. The summed E-state index contributed by atoms with van der Waals surface area (Å²) in [6.07, 6.45) is 0. The monoisotopic (exact) mass is 244 g/mol. The fraction of sp³-hybridized carbons (Fsp3) is 0.222. The Bertz CT molecular complexity index is 481. The Kier molecular flexibility index (Phi) is 3.32. The number of amides is 1. The van der Waals surface area contributed by atoms with Gasteiger partial charge in [0.1, 0.15) is 0 Å². The second kappa shape index (κ2) is 4.20. The minimum Gasteiger partial charge on any atom is -0.367 e. The number of rotatable bonds is 2. The molecule has 88 valence electrons. The zero-order valence-corrected chi connectivity index (χ0v) is 9.36. The topological polar surface area (TPSA) is 109 Å². The lowest BCUT2D eigenvalue weighted by Crippen LogP contribution is -2.47. The van der Waals surface area contributed by atoms with E-state index in [2.05, 4.69) is 5.14 Å². The van der Waals surface area contributed by atoms with Crippen LogP contribution in [-0.4, -0.2) is 18.8 Å². The predicted molar refractivity (Wildman–Crippen MR) is 57.7 cm³/mol. The number of nitrogens with two attached hydrogens (primary N) is 1. The molecule has 1 aromatic rings. The molecular weight excluding hydrogens is 232 g/mol. The third-order valence-corrected chi connectivity index (χ3v) is 2.56. The van der Waals surface area contributed by atoms with Crippen LogP contribution in [0.3, 0.4) is 0 Å². The van der Waals surface area contributed by atoms with Gasteiger partial charge in [-0.25, -0.2) is 13.6 Å². The molecule has 0 radical (unpaired) electrons. The van der Waals surface area contributed by atoms with Crippen molar-refractivity contribution in [3.8, 4) is 0 Å². The second-order valence-corrected chi connectivity index (χ2v) is 4.86. The van der Waals surface area contributed by atoms with Crippen LogP contribution in [0.1, 0.15) is 12.5 Å². The van der Waals surface area contributed by atoms with Gasteiger partial charge in [-0.1, -0.05) is 30.3 Å². The van der Waals surface area contributed by atoms with Gasteiger partial charge in [-0.2, -0.15) is 0 Å². The van der Waals surface area contributed by atoms with Crippen molar-refractivity contribution in [3.63, 3.8) is 0 Å². The number of nitrogens with one attached hydrogen (secondary N) is 1. The Labute approximate surface area is 93.1 Å². The van der Waals surface area contributed by atoms with Crippen LogP contribution >= 0.6 is 0 Å². The normalized spacial score (nSPS) is 15.2. The van der Waals surface area contributed by atoms with E-state index >= 15 is 0 Å². The molecule has 1 aromatic carbocycles. The summed E-state index contributed by atoms with van der Waals surface area (Å²) in [5.41, 5.74) is -1.43. The smallest absolute Gasteiger partial charge is 0.353 e. The number of carbonyl (C=O) groups is 1. The molecule has 1 unspecified atom stereocenters. The largest absolute Gasteiger partial charge is 0.367 e. The summed E-state index contributed by atoms with van der Waals surface area (Å²) in [5, 5.41) is 15.0. The number of sulfonamides is 1. The van der Waals surface area contributed by atoms with Gasteiger partial charge in [0.25, 0.3) is 10.0 Å². The molecule has 0 bridgehead atoms. The maximum absolute atomic E-state index is 11.1. The minimum atomic E-state index is -4.35. The molecule has 7 heteroatoms. The number of aliphatic hydroxyl groups is 1. The number of hydrogen-bond donors (Lipinski definition) is 3. The summed E-state index contributed by atoms with van der Waals surface area (Å²) in [6, 6.07) is 8.10. The van der Waals surface area contributed by atoms with E-state index in [4.69, 9.17) is 0 Å². The van der Waals surface area contributed by atoms with E-state index in [1.807, 2.05) is 5.32 Å². The second-order valence-electron chi connectivity index (χ2n) is 3.40. The number of primary sulfonamides is 1. The third-order valence-electron chi connectivity index (χ3n) is 1.94. The first-order chi connectivity index (χ1) is 7.23. The first kappa shape index (κ1) is 12.6. The van der Waals surface area contributed by atoms with E-state index in [1.165, 1.54) is 6.92 Å². The summed E-state index contributed by atoms with van der Waals surface area (Å²) < 4.78 is 21.4. The predicted octanol–water partition coefficient (Wildman–Crippen LogP) is -0.150. The molecule has 0 spiro atoms. The highest BCUT2D eigenvalue weighted by molar-refractivity contribution is 8.04. The van der Waals surface area contributed by atoms with Gasteiger partial charge in [0.05, 0.1) is 0 Å². The van der Waals surface area contributed by atoms with Gasteiger partial charge in [-0.15, -0.1) is 0 Å². The molecule has 0 aliphatic heterocycles. The van der Waals surface area contributed by atoms with Gasteiger partial charge >= 0.3 is 5.24 Å². The Balaban J connectivity index is 2.93. The van der Waals surface area contributed by atoms with Crippen molar-refractivity contribution in [1.29, 1.82) is 0 Å². The van der Waals surface area contributed by atoms with Crippen LogP contribution < -0.4 is 10.5 Å². The average Bonchev–Trinajstić information content (AvgIpc) is 2.17. The zero-order valence-electron chi connectivity index (χ0n) is 8.54. The zero-order chi connectivity index (χ0) is 12.4. The maximum Gasteiger partial charge on any atom is 0.353 e. The lowest BCUT2D eigenvalue weighted by Gasteiger charge is -2.24. The summed E-state index contributed by atoms with van der Waals surface area (Å²) in [4.78, 5) is 11.1. The molecule has 16 heavy (non-hydrogen) atoms.